The molecule has 7 heteroatoms. The van der Waals surface area contributed by atoms with Crippen LogP contribution in [0.5, 0.6) is 0 Å². The Hall–Kier alpha value is -2.49. The van der Waals surface area contributed by atoms with Gasteiger partial charge in [0.2, 0.25) is 0 Å². The Kier molecular flexibility index (Phi) is 3.99. The lowest BCUT2D eigenvalue weighted by Gasteiger charge is -2.25. The minimum Gasteiger partial charge on any atom is -0.458 e. The molecule has 1 aromatic heterocycles. The Balaban J connectivity index is 1.58. The van der Waals surface area contributed by atoms with E-state index in [0.717, 1.165) is 0 Å². The first-order valence-corrected chi connectivity index (χ1v) is 8.02. The summed E-state index contributed by atoms with van der Waals surface area (Å²) in [4.78, 5) is 28.0. The van der Waals surface area contributed by atoms with Crippen molar-refractivity contribution in [2.45, 2.75) is 26.4 Å². The lowest BCUT2D eigenvalue weighted by molar-refractivity contribution is 0.0275. The van der Waals surface area contributed by atoms with Gasteiger partial charge in [-0.05, 0) is 20.8 Å². The monoisotopic (exact) mass is 331 g/mol. The topological polar surface area (TPSA) is 86.8 Å². The van der Waals surface area contributed by atoms with Crippen LogP contribution in [0.15, 0.2) is 16.7 Å². The number of fused-ring (bicyclic) bond motifs is 1. The number of hydrogen-bond donors (Lipinski definition) is 0. The fraction of sp³-hybridized carbons (Fsp3) is 0.588. The number of amides is 2. The summed E-state index contributed by atoms with van der Waals surface area (Å²) in [7, 11) is 0. The zero-order valence-electron chi connectivity index (χ0n) is 14.1. The number of nitrogens with zero attached hydrogens (tertiary/aromatic N) is 3. The van der Waals surface area contributed by atoms with Crippen molar-refractivity contribution in [3.05, 3.63) is 23.7 Å². The van der Waals surface area contributed by atoms with E-state index in [2.05, 4.69) is 0 Å². The van der Waals surface area contributed by atoms with Crippen LogP contribution in [-0.2, 0) is 4.74 Å². The first-order chi connectivity index (χ1) is 11.3. The highest BCUT2D eigenvalue weighted by molar-refractivity contribution is 5.92. The molecule has 2 aliphatic heterocycles. The normalized spacial score (nSPS) is 23.1. The summed E-state index contributed by atoms with van der Waals surface area (Å²) in [5.74, 6) is 0.504. The second-order valence-corrected chi connectivity index (χ2v) is 7.43. The van der Waals surface area contributed by atoms with Crippen molar-refractivity contribution < 1.29 is 18.7 Å². The third kappa shape index (κ3) is 3.23. The third-order valence-corrected chi connectivity index (χ3v) is 4.36. The maximum absolute atomic E-state index is 12.4. The molecule has 3 rings (SSSR count). The molecule has 3 heterocycles. The number of carbonyl (C=O) groups is 2. The minimum absolute atomic E-state index is 0.190. The van der Waals surface area contributed by atoms with E-state index in [4.69, 9.17) is 14.4 Å². The highest BCUT2D eigenvalue weighted by Crippen LogP contribution is 2.32. The Bertz CT molecular complexity index is 683. The standard InChI is InChI=1S/C17H21N3O4/c1-17(2,3)24-16(22)20-8-12-6-19(7-13(12)9-20)15(21)14-4-11(5-18)10-23-14/h4,10,12-13H,6-9H2,1-3H3. The second-order valence-electron chi connectivity index (χ2n) is 7.43. The van der Waals surface area contributed by atoms with Gasteiger partial charge in [-0.1, -0.05) is 0 Å². The zero-order chi connectivity index (χ0) is 17.5. The average molecular weight is 331 g/mol. The first kappa shape index (κ1) is 16.4. The maximum Gasteiger partial charge on any atom is 0.410 e. The van der Waals surface area contributed by atoms with Crippen LogP contribution in [-0.4, -0.2) is 53.6 Å². The second kappa shape index (κ2) is 5.86. The van der Waals surface area contributed by atoms with E-state index in [-0.39, 0.29) is 29.6 Å². The summed E-state index contributed by atoms with van der Waals surface area (Å²) in [5, 5.41) is 8.81. The van der Waals surface area contributed by atoms with E-state index in [1.807, 2.05) is 26.8 Å². The van der Waals surface area contributed by atoms with Crippen LogP contribution in [0.4, 0.5) is 4.79 Å². The SMILES string of the molecule is CC(C)(C)OC(=O)N1CC2CN(C(=O)c3cc(C#N)co3)CC2C1. The lowest BCUT2D eigenvalue weighted by atomic mass is 10.0. The van der Waals surface area contributed by atoms with Gasteiger partial charge in [0.1, 0.15) is 17.9 Å². The number of ether oxygens (including phenoxy) is 1. The van der Waals surface area contributed by atoms with E-state index in [0.29, 0.717) is 31.7 Å². The van der Waals surface area contributed by atoms with Gasteiger partial charge in [-0.2, -0.15) is 5.26 Å². The number of nitriles is 1. The largest absolute Gasteiger partial charge is 0.458 e. The highest BCUT2D eigenvalue weighted by atomic mass is 16.6. The number of hydrogen-bond acceptors (Lipinski definition) is 5. The molecular formula is C17H21N3O4. The van der Waals surface area contributed by atoms with E-state index >= 15 is 0 Å². The number of furan rings is 1. The van der Waals surface area contributed by atoms with Gasteiger partial charge in [-0.25, -0.2) is 4.79 Å². The Morgan fingerprint density at radius 3 is 2.29 bits per heavy atom. The zero-order valence-corrected chi connectivity index (χ0v) is 14.1. The van der Waals surface area contributed by atoms with Gasteiger partial charge in [0.05, 0.1) is 5.56 Å². The predicted molar refractivity (Wildman–Crippen MR) is 84.1 cm³/mol. The van der Waals surface area contributed by atoms with Gasteiger partial charge in [0, 0.05) is 44.1 Å². The molecule has 2 aliphatic rings. The molecular weight excluding hydrogens is 310 g/mol. The van der Waals surface area contributed by atoms with Gasteiger partial charge >= 0.3 is 6.09 Å². The molecule has 0 N–H and O–H groups in total. The summed E-state index contributed by atoms with van der Waals surface area (Å²) in [5.41, 5.74) is -0.164. The van der Waals surface area contributed by atoms with Gasteiger partial charge < -0.3 is 19.0 Å². The quantitative estimate of drug-likeness (QED) is 0.786. The molecule has 0 saturated carbocycles. The van der Waals surface area contributed by atoms with Crippen LogP contribution in [0.2, 0.25) is 0 Å². The fourth-order valence-electron chi connectivity index (χ4n) is 3.30. The number of rotatable bonds is 1. The van der Waals surface area contributed by atoms with E-state index < -0.39 is 5.60 Å². The number of likely N-dealkylation sites (tertiary alicyclic amines) is 2. The van der Waals surface area contributed by atoms with Crippen molar-refractivity contribution in [1.29, 1.82) is 5.26 Å². The van der Waals surface area contributed by atoms with Crippen LogP contribution in [0.1, 0.15) is 36.9 Å². The summed E-state index contributed by atoms with van der Waals surface area (Å²) in [6.07, 6.45) is 0.994. The van der Waals surface area contributed by atoms with Crippen LogP contribution in [0.3, 0.4) is 0 Å². The molecule has 128 valence electrons. The molecule has 0 radical (unpaired) electrons. The summed E-state index contributed by atoms with van der Waals surface area (Å²) < 4.78 is 10.6. The van der Waals surface area contributed by atoms with Gasteiger partial charge in [-0.3, -0.25) is 4.79 Å². The molecule has 2 fully saturated rings. The van der Waals surface area contributed by atoms with Crippen LogP contribution >= 0.6 is 0 Å². The van der Waals surface area contributed by atoms with Crippen molar-refractivity contribution in [2.24, 2.45) is 11.8 Å². The molecule has 2 unspecified atom stereocenters. The van der Waals surface area contributed by atoms with E-state index in [1.54, 1.807) is 9.80 Å². The van der Waals surface area contributed by atoms with Crippen molar-refractivity contribution in [3.8, 4) is 6.07 Å². The molecule has 2 amide bonds. The molecule has 1 aromatic rings. The van der Waals surface area contributed by atoms with Gasteiger partial charge in [-0.15, -0.1) is 0 Å². The Labute approximate surface area is 140 Å². The van der Waals surface area contributed by atoms with Crippen molar-refractivity contribution in [2.75, 3.05) is 26.2 Å². The predicted octanol–water partition coefficient (Wildman–Crippen LogP) is 2.09. The van der Waals surface area contributed by atoms with Crippen molar-refractivity contribution >= 4 is 12.0 Å². The highest BCUT2D eigenvalue weighted by Gasteiger charge is 2.44. The average Bonchev–Trinajstić information content (AvgIpc) is 3.18. The smallest absolute Gasteiger partial charge is 0.410 e. The van der Waals surface area contributed by atoms with Crippen molar-refractivity contribution in [1.82, 2.24) is 9.80 Å². The third-order valence-electron chi connectivity index (χ3n) is 4.36. The molecule has 0 aromatic carbocycles. The maximum atomic E-state index is 12.4. The van der Waals surface area contributed by atoms with E-state index in [1.165, 1.54) is 12.3 Å². The molecule has 24 heavy (non-hydrogen) atoms. The lowest BCUT2D eigenvalue weighted by Crippen LogP contribution is -2.38. The molecule has 2 atom stereocenters. The van der Waals surface area contributed by atoms with Gasteiger partial charge in [0.15, 0.2) is 5.76 Å². The molecule has 0 spiro atoms. The van der Waals surface area contributed by atoms with Crippen LogP contribution in [0.25, 0.3) is 0 Å². The minimum atomic E-state index is -0.505. The van der Waals surface area contributed by atoms with Crippen LogP contribution in [0, 0.1) is 23.2 Å². The molecule has 7 nitrogen and oxygen atoms in total. The van der Waals surface area contributed by atoms with Gasteiger partial charge in [0.25, 0.3) is 5.91 Å². The first-order valence-electron chi connectivity index (χ1n) is 8.02. The van der Waals surface area contributed by atoms with Crippen LogP contribution < -0.4 is 0 Å². The van der Waals surface area contributed by atoms with Crippen molar-refractivity contribution in [3.63, 3.8) is 0 Å². The number of carbonyl (C=O) groups excluding carboxylic acids is 2. The summed E-state index contributed by atoms with van der Waals surface area (Å²) in [6.45, 7) is 7.93. The Morgan fingerprint density at radius 1 is 1.21 bits per heavy atom. The molecule has 2 saturated heterocycles. The molecule has 0 aliphatic carbocycles. The fourth-order valence-corrected chi connectivity index (χ4v) is 3.30. The Morgan fingerprint density at radius 2 is 1.79 bits per heavy atom. The summed E-state index contributed by atoms with van der Waals surface area (Å²) >= 11 is 0. The molecule has 0 bridgehead atoms. The summed E-state index contributed by atoms with van der Waals surface area (Å²) in [6, 6.07) is 3.41. The van der Waals surface area contributed by atoms with E-state index in [9.17, 15) is 9.59 Å².